The monoisotopic (exact) mass is 391 g/mol. The van der Waals surface area contributed by atoms with Crippen LogP contribution in [0.4, 0.5) is 13.6 Å². The van der Waals surface area contributed by atoms with Crippen molar-refractivity contribution in [1.82, 2.24) is 10.2 Å². The zero-order valence-corrected chi connectivity index (χ0v) is 16.2. The van der Waals surface area contributed by atoms with E-state index in [-0.39, 0.29) is 18.6 Å². The molecule has 152 valence electrons. The zero-order valence-electron chi connectivity index (χ0n) is 16.2. The lowest BCUT2D eigenvalue weighted by Gasteiger charge is -2.33. The maximum atomic E-state index is 14.2. The molecule has 0 aromatic heterocycles. The van der Waals surface area contributed by atoms with Gasteiger partial charge in [-0.3, -0.25) is 0 Å². The highest BCUT2D eigenvalue weighted by Gasteiger charge is 2.42. The van der Waals surface area contributed by atoms with Crippen LogP contribution in [0.25, 0.3) is 0 Å². The molecule has 0 unspecified atom stereocenters. The molecular weight excluding hydrogens is 362 g/mol. The number of piperidine rings is 1. The first kappa shape index (κ1) is 19.3. The van der Waals surface area contributed by atoms with E-state index in [4.69, 9.17) is 0 Å². The summed E-state index contributed by atoms with van der Waals surface area (Å²) in [4.78, 5) is 14.7. The Morgan fingerprint density at radius 2 is 1.86 bits per heavy atom. The molecule has 3 aliphatic rings. The van der Waals surface area contributed by atoms with Crippen LogP contribution in [0, 0.1) is 17.6 Å². The minimum absolute atomic E-state index is 0.131. The van der Waals surface area contributed by atoms with Gasteiger partial charge in [-0.25, -0.2) is 13.6 Å². The van der Waals surface area contributed by atoms with E-state index in [0.717, 1.165) is 62.3 Å². The normalized spacial score (nSPS) is 27.0. The van der Waals surface area contributed by atoms with Gasteiger partial charge in [0.25, 0.3) is 6.34 Å². The summed E-state index contributed by atoms with van der Waals surface area (Å²) in [5.41, 5.74) is 0.355. The van der Waals surface area contributed by atoms with E-state index < -0.39 is 11.6 Å². The molecule has 0 atom stereocenters. The van der Waals surface area contributed by atoms with Crippen molar-refractivity contribution in [1.29, 1.82) is 0 Å². The molecule has 0 radical (unpaired) electrons. The number of nitrogens with one attached hydrogen (secondary N) is 1. The highest BCUT2D eigenvalue weighted by Crippen LogP contribution is 2.29. The summed E-state index contributed by atoms with van der Waals surface area (Å²) in [5.74, 6) is -0.811. The molecule has 1 saturated carbocycles. The highest BCUT2D eigenvalue weighted by molar-refractivity contribution is 5.74. The number of hydrogen-bond acceptors (Lipinski definition) is 2. The van der Waals surface area contributed by atoms with Crippen LogP contribution < -0.4 is 5.32 Å². The fraction of sp³-hybridized carbons (Fsp3) is 0.619. The SMILES string of the molecule is O=C(NC1CCCCC1)N(Cc1ccc(F)cc1F)CC1CC[N+]2(C=N2)CC1. The van der Waals surface area contributed by atoms with Gasteiger partial charge < -0.3 is 10.2 Å². The molecule has 1 aromatic carbocycles. The van der Waals surface area contributed by atoms with Crippen LogP contribution in [0.15, 0.2) is 23.3 Å². The lowest BCUT2D eigenvalue weighted by atomic mass is 9.95. The third-order valence-corrected chi connectivity index (χ3v) is 6.37. The van der Waals surface area contributed by atoms with E-state index in [1.165, 1.54) is 18.6 Å². The van der Waals surface area contributed by atoms with Gasteiger partial charge in [-0.2, -0.15) is 0 Å². The summed E-state index contributed by atoms with van der Waals surface area (Å²) in [5, 5.41) is 7.49. The van der Waals surface area contributed by atoms with E-state index in [1.54, 1.807) is 4.90 Å². The van der Waals surface area contributed by atoms with Crippen LogP contribution in [0.5, 0.6) is 0 Å². The Bertz CT molecular complexity index is 732. The Morgan fingerprint density at radius 3 is 2.50 bits per heavy atom. The van der Waals surface area contributed by atoms with E-state index >= 15 is 0 Å². The second-order valence-electron chi connectivity index (χ2n) is 8.51. The van der Waals surface area contributed by atoms with Gasteiger partial charge in [0.05, 0.1) is 6.54 Å². The van der Waals surface area contributed by atoms with Crippen molar-refractivity contribution in [2.75, 3.05) is 19.6 Å². The van der Waals surface area contributed by atoms with Crippen LogP contribution in [0.1, 0.15) is 50.5 Å². The van der Waals surface area contributed by atoms with Gasteiger partial charge in [-0.1, -0.05) is 25.3 Å². The fourth-order valence-corrected chi connectivity index (χ4v) is 4.45. The first-order valence-corrected chi connectivity index (χ1v) is 10.5. The van der Waals surface area contributed by atoms with E-state index in [0.29, 0.717) is 18.0 Å². The first-order chi connectivity index (χ1) is 13.5. The number of hydrogen-bond donors (Lipinski definition) is 1. The van der Waals surface area contributed by atoms with E-state index in [1.807, 2.05) is 6.34 Å². The number of urea groups is 1. The van der Waals surface area contributed by atoms with Crippen LogP contribution in [-0.2, 0) is 6.54 Å². The van der Waals surface area contributed by atoms with Gasteiger partial charge in [0, 0.05) is 37.1 Å². The van der Waals surface area contributed by atoms with Crippen molar-refractivity contribution in [3.8, 4) is 0 Å². The number of halogens is 2. The van der Waals surface area contributed by atoms with Gasteiger partial charge >= 0.3 is 6.03 Å². The van der Waals surface area contributed by atoms with Crippen molar-refractivity contribution in [3.63, 3.8) is 0 Å². The number of carbonyl (C=O) groups excluding carboxylic acids is 1. The van der Waals surface area contributed by atoms with E-state index in [9.17, 15) is 13.6 Å². The second kappa shape index (κ2) is 8.15. The van der Waals surface area contributed by atoms with Crippen molar-refractivity contribution in [2.45, 2.75) is 57.5 Å². The summed E-state index contributed by atoms with van der Waals surface area (Å²) < 4.78 is 28.2. The molecule has 1 aliphatic carbocycles. The third kappa shape index (κ3) is 4.69. The summed E-state index contributed by atoms with van der Waals surface area (Å²) in [6, 6.07) is 3.65. The molecule has 5 nitrogen and oxygen atoms in total. The molecule has 2 heterocycles. The van der Waals surface area contributed by atoms with Crippen molar-refractivity contribution < 1.29 is 18.2 Å². The molecule has 2 amide bonds. The molecule has 2 aliphatic heterocycles. The molecule has 2 fully saturated rings. The van der Waals surface area contributed by atoms with Crippen LogP contribution in [-0.4, -0.2) is 47.5 Å². The van der Waals surface area contributed by atoms with Crippen LogP contribution in [0.3, 0.4) is 0 Å². The molecule has 4 rings (SSSR count). The number of carbonyl (C=O) groups is 1. The number of quaternary nitrogens is 1. The predicted octanol–water partition coefficient (Wildman–Crippen LogP) is 3.99. The molecule has 7 heteroatoms. The Balaban J connectivity index is 1.42. The number of nitrogens with zero attached hydrogens (tertiary/aromatic N) is 3. The summed E-state index contributed by atoms with van der Waals surface area (Å²) in [6.07, 6.45) is 9.49. The average molecular weight is 391 g/mol. The smallest absolute Gasteiger partial charge is 0.317 e. The van der Waals surface area contributed by atoms with Crippen LogP contribution >= 0.6 is 0 Å². The molecular formula is C21H29F2N4O+. The summed E-state index contributed by atoms with van der Waals surface area (Å²) in [7, 11) is 0. The summed E-state index contributed by atoms with van der Waals surface area (Å²) >= 11 is 0. The molecule has 1 N–H and O–H groups in total. The minimum atomic E-state index is -0.598. The minimum Gasteiger partial charge on any atom is -0.335 e. The Hall–Kier alpha value is -2.02. The van der Waals surface area contributed by atoms with Gasteiger partial charge in [0.15, 0.2) is 0 Å². The molecule has 28 heavy (non-hydrogen) atoms. The lowest BCUT2D eigenvalue weighted by molar-refractivity contribution is -0.790. The van der Waals surface area contributed by atoms with Gasteiger partial charge in [0.1, 0.15) is 24.7 Å². The van der Waals surface area contributed by atoms with Gasteiger partial charge in [0.2, 0.25) is 0 Å². The Labute approximate surface area is 165 Å². The molecule has 1 spiro atoms. The highest BCUT2D eigenvalue weighted by atomic mass is 19.1. The van der Waals surface area contributed by atoms with Crippen LogP contribution in [0.2, 0.25) is 0 Å². The maximum absolute atomic E-state index is 14.2. The van der Waals surface area contributed by atoms with Gasteiger partial charge in [-0.15, -0.1) is 4.59 Å². The average Bonchev–Trinajstić information content (AvgIpc) is 3.45. The number of benzene rings is 1. The maximum Gasteiger partial charge on any atom is 0.317 e. The Morgan fingerprint density at radius 1 is 1.14 bits per heavy atom. The zero-order chi connectivity index (χ0) is 19.6. The largest absolute Gasteiger partial charge is 0.335 e. The van der Waals surface area contributed by atoms with E-state index in [2.05, 4.69) is 10.4 Å². The number of amides is 2. The third-order valence-electron chi connectivity index (χ3n) is 6.37. The predicted molar refractivity (Wildman–Crippen MR) is 103 cm³/mol. The van der Waals surface area contributed by atoms with Crippen molar-refractivity contribution in [3.05, 3.63) is 35.4 Å². The fourth-order valence-electron chi connectivity index (χ4n) is 4.45. The van der Waals surface area contributed by atoms with Crippen molar-refractivity contribution in [2.24, 2.45) is 11.0 Å². The van der Waals surface area contributed by atoms with Crippen molar-refractivity contribution >= 4 is 12.4 Å². The van der Waals surface area contributed by atoms with Gasteiger partial charge in [-0.05, 0) is 29.9 Å². The molecule has 1 aromatic rings. The quantitative estimate of drug-likeness (QED) is 0.758. The molecule has 1 saturated heterocycles. The second-order valence-corrected chi connectivity index (χ2v) is 8.51. The topological polar surface area (TPSA) is 44.7 Å². The molecule has 0 bridgehead atoms. The first-order valence-electron chi connectivity index (χ1n) is 10.5. The summed E-state index contributed by atoms with van der Waals surface area (Å²) in [6.45, 7) is 2.72. The lowest BCUT2D eigenvalue weighted by Crippen LogP contribution is -2.48. The number of rotatable bonds is 5. The Kier molecular flexibility index (Phi) is 5.62. The standard InChI is InChI=1S/C21H28F2N4O/c22-18-7-6-17(20(23)12-18)14-26(21(28)25-19-4-2-1-3-5-19)13-16-8-10-27(11-9-16)15-24-27/h6-7,12,15-16,19H,1-5,8-11,13-14H2/p+1.